The highest BCUT2D eigenvalue weighted by Gasteiger charge is 2.27. The number of nitrogens with one attached hydrogen (secondary N) is 1. The molecule has 5 heteroatoms. The van der Waals surface area contributed by atoms with Crippen LogP contribution in [0.2, 0.25) is 0 Å². The van der Waals surface area contributed by atoms with Crippen molar-refractivity contribution >= 4 is 16.7 Å². The van der Waals surface area contributed by atoms with Crippen molar-refractivity contribution in [3.63, 3.8) is 0 Å². The van der Waals surface area contributed by atoms with Crippen molar-refractivity contribution in [2.45, 2.75) is 45.4 Å². The van der Waals surface area contributed by atoms with Gasteiger partial charge in [-0.05, 0) is 11.8 Å². The monoisotopic (exact) mass is 248 g/mol. The number of rotatable bonds is 5. The van der Waals surface area contributed by atoms with Crippen molar-refractivity contribution in [1.29, 1.82) is 0 Å². The van der Waals surface area contributed by atoms with Crippen molar-refractivity contribution in [1.82, 2.24) is 5.32 Å². The summed E-state index contributed by atoms with van der Waals surface area (Å²) >= 11 is 0. The first-order valence-electron chi connectivity index (χ1n) is 5.51. The molecule has 16 heavy (non-hydrogen) atoms. The fourth-order valence-electron chi connectivity index (χ4n) is 1.07. The van der Waals surface area contributed by atoms with Crippen LogP contribution in [-0.4, -0.2) is 34.2 Å². The maximum Gasteiger partial charge on any atom is 0.237 e. The Labute approximate surface area is 101 Å². The number of amides is 1. The predicted octanol–water partition coefficient (Wildman–Crippen LogP) is 0.633. The van der Waals surface area contributed by atoms with Gasteiger partial charge in [-0.2, -0.15) is 0 Å². The summed E-state index contributed by atoms with van der Waals surface area (Å²) in [4.78, 5) is 11.6. The summed E-state index contributed by atoms with van der Waals surface area (Å²) in [6, 6.07) is -0.505. The summed E-state index contributed by atoms with van der Waals surface area (Å²) in [5, 5.41) is 2.88. The zero-order valence-corrected chi connectivity index (χ0v) is 11.7. The topological polar surface area (TPSA) is 72.2 Å². The summed E-state index contributed by atoms with van der Waals surface area (Å²) in [6.07, 6.45) is 2.39. The Bertz CT molecular complexity index is 261. The van der Waals surface area contributed by atoms with E-state index < -0.39 is 16.8 Å². The quantitative estimate of drug-likeness (QED) is 0.749. The molecule has 3 N–H and O–H groups in total. The van der Waals surface area contributed by atoms with Crippen molar-refractivity contribution in [2.75, 3.05) is 12.8 Å². The highest BCUT2D eigenvalue weighted by molar-refractivity contribution is 7.84. The Morgan fingerprint density at radius 1 is 1.44 bits per heavy atom. The number of carbonyl (C=O) groups excluding carboxylic acids is 1. The molecule has 0 aromatic rings. The van der Waals surface area contributed by atoms with Gasteiger partial charge in [0.1, 0.15) is 0 Å². The van der Waals surface area contributed by atoms with Crippen LogP contribution >= 0.6 is 0 Å². The molecule has 0 fully saturated rings. The molecule has 1 amide bonds. The van der Waals surface area contributed by atoms with Gasteiger partial charge < -0.3 is 11.1 Å². The average Bonchev–Trinajstić information content (AvgIpc) is 2.14. The molecule has 0 saturated heterocycles. The Morgan fingerprint density at radius 2 is 1.94 bits per heavy atom. The van der Waals surface area contributed by atoms with Crippen molar-refractivity contribution in [3.05, 3.63) is 0 Å². The van der Waals surface area contributed by atoms with Crippen molar-refractivity contribution in [3.8, 4) is 0 Å². The molecule has 3 unspecified atom stereocenters. The summed E-state index contributed by atoms with van der Waals surface area (Å²) in [7, 11) is -0.835. The first kappa shape index (κ1) is 15.6. The van der Waals surface area contributed by atoms with E-state index in [4.69, 9.17) is 5.73 Å². The van der Waals surface area contributed by atoms with Gasteiger partial charge in [0.25, 0.3) is 0 Å². The highest BCUT2D eigenvalue weighted by Crippen LogP contribution is 2.17. The van der Waals surface area contributed by atoms with Crippen LogP contribution in [0.5, 0.6) is 0 Å². The first-order valence-corrected chi connectivity index (χ1v) is 7.14. The fraction of sp³-hybridized carbons (Fsp3) is 0.909. The average molecular weight is 248 g/mol. The van der Waals surface area contributed by atoms with E-state index in [1.54, 1.807) is 6.26 Å². The van der Waals surface area contributed by atoms with E-state index in [0.29, 0.717) is 13.0 Å². The minimum absolute atomic E-state index is 0.103. The molecule has 0 rings (SSSR count). The van der Waals surface area contributed by atoms with Crippen LogP contribution < -0.4 is 11.1 Å². The SMILES string of the molecule is CC(CCNC(=O)C(N)C(C)(C)C)S(C)=O. The Hall–Kier alpha value is -0.420. The van der Waals surface area contributed by atoms with Gasteiger partial charge in [0.05, 0.1) is 6.04 Å². The summed E-state index contributed by atoms with van der Waals surface area (Å²) in [5.74, 6) is -0.137. The predicted molar refractivity (Wildman–Crippen MR) is 68.6 cm³/mol. The molecule has 0 aliphatic heterocycles. The number of hydrogen-bond acceptors (Lipinski definition) is 3. The third-order valence-corrected chi connectivity index (χ3v) is 4.00. The van der Waals surface area contributed by atoms with E-state index in [-0.39, 0.29) is 16.6 Å². The normalized spacial score (nSPS) is 17.6. The molecule has 96 valence electrons. The minimum Gasteiger partial charge on any atom is -0.355 e. The largest absolute Gasteiger partial charge is 0.355 e. The van der Waals surface area contributed by atoms with Crippen LogP contribution in [0.4, 0.5) is 0 Å². The molecular formula is C11H24N2O2S. The van der Waals surface area contributed by atoms with Crippen LogP contribution in [0.3, 0.4) is 0 Å². The van der Waals surface area contributed by atoms with Gasteiger partial charge in [-0.25, -0.2) is 0 Å². The summed E-state index contributed by atoms with van der Waals surface area (Å²) < 4.78 is 11.1. The van der Waals surface area contributed by atoms with E-state index in [1.165, 1.54) is 0 Å². The summed E-state index contributed by atoms with van der Waals surface area (Å²) in [6.45, 7) is 8.23. The third kappa shape index (κ3) is 5.61. The van der Waals surface area contributed by atoms with Crippen molar-refractivity contribution in [2.24, 2.45) is 11.1 Å². The van der Waals surface area contributed by atoms with E-state index in [0.717, 1.165) is 0 Å². The Balaban J connectivity index is 3.96. The van der Waals surface area contributed by atoms with Gasteiger partial charge in [0.2, 0.25) is 5.91 Å². The van der Waals surface area contributed by atoms with Gasteiger partial charge in [-0.15, -0.1) is 0 Å². The second-order valence-electron chi connectivity index (χ2n) is 5.23. The molecular weight excluding hydrogens is 224 g/mol. The molecule has 0 aliphatic carbocycles. The van der Waals surface area contributed by atoms with Gasteiger partial charge in [0, 0.05) is 28.9 Å². The van der Waals surface area contributed by atoms with Crippen molar-refractivity contribution < 1.29 is 9.00 Å². The molecule has 0 bridgehead atoms. The smallest absolute Gasteiger partial charge is 0.237 e. The molecule has 0 heterocycles. The van der Waals surface area contributed by atoms with Gasteiger partial charge in [-0.1, -0.05) is 27.7 Å². The maximum atomic E-state index is 11.6. The lowest BCUT2D eigenvalue weighted by molar-refractivity contribution is -0.124. The third-order valence-electron chi connectivity index (χ3n) is 2.63. The van der Waals surface area contributed by atoms with E-state index >= 15 is 0 Å². The first-order chi connectivity index (χ1) is 7.16. The fourth-order valence-corrected chi connectivity index (χ4v) is 1.52. The van der Waals surface area contributed by atoms with Crippen LogP contribution in [-0.2, 0) is 15.6 Å². The number of carbonyl (C=O) groups is 1. The molecule has 0 aliphatic rings. The van der Waals surface area contributed by atoms with Gasteiger partial charge in [0.15, 0.2) is 0 Å². The lowest BCUT2D eigenvalue weighted by Crippen LogP contribution is -2.49. The number of nitrogens with two attached hydrogens (primary N) is 1. The molecule has 3 atom stereocenters. The van der Waals surface area contributed by atoms with Gasteiger partial charge in [-0.3, -0.25) is 9.00 Å². The van der Waals surface area contributed by atoms with Crippen LogP contribution in [0.1, 0.15) is 34.1 Å². The second kappa shape index (κ2) is 6.35. The summed E-state index contributed by atoms with van der Waals surface area (Å²) in [5.41, 5.74) is 5.57. The standard InChI is InChI=1S/C11H24N2O2S/c1-8(16(5)15)6-7-13-10(14)9(12)11(2,3)4/h8-9H,6-7,12H2,1-5H3,(H,13,14). The molecule has 4 nitrogen and oxygen atoms in total. The van der Waals surface area contributed by atoms with Crippen LogP contribution in [0, 0.1) is 5.41 Å². The second-order valence-corrected chi connectivity index (χ2v) is 7.03. The Kier molecular flexibility index (Phi) is 6.18. The van der Waals surface area contributed by atoms with E-state index in [1.807, 2.05) is 27.7 Å². The van der Waals surface area contributed by atoms with Gasteiger partial charge >= 0.3 is 0 Å². The lowest BCUT2D eigenvalue weighted by Gasteiger charge is -2.26. The Morgan fingerprint density at radius 3 is 2.31 bits per heavy atom. The zero-order chi connectivity index (χ0) is 12.9. The van der Waals surface area contributed by atoms with Crippen LogP contribution in [0.15, 0.2) is 0 Å². The molecule has 0 aromatic heterocycles. The maximum absolute atomic E-state index is 11.6. The zero-order valence-electron chi connectivity index (χ0n) is 10.9. The molecule has 0 spiro atoms. The lowest BCUT2D eigenvalue weighted by atomic mass is 9.87. The number of hydrogen-bond donors (Lipinski definition) is 2. The minimum atomic E-state index is -0.835. The van der Waals surface area contributed by atoms with E-state index in [2.05, 4.69) is 5.32 Å². The van der Waals surface area contributed by atoms with Crippen LogP contribution in [0.25, 0.3) is 0 Å². The molecule has 0 aromatic carbocycles. The molecule has 0 radical (unpaired) electrons. The van der Waals surface area contributed by atoms with E-state index in [9.17, 15) is 9.00 Å². The molecule has 0 saturated carbocycles. The highest BCUT2D eigenvalue weighted by atomic mass is 32.2.